The SMILES string of the molecule is CCOc1cc(/C=C2/SC(=S)N(C)C2=O)ccc1OCCOc1ccccc1OC. The zero-order valence-electron chi connectivity index (χ0n) is 17.0. The molecule has 0 spiro atoms. The molecule has 0 aliphatic carbocycles. The maximum Gasteiger partial charge on any atom is 0.265 e. The van der Waals surface area contributed by atoms with Gasteiger partial charge in [0, 0.05) is 7.05 Å². The first-order valence-electron chi connectivity index (χ1n) is 9.40. The molecule has 2 aromatic rings. The molecule has 0 atom stereocenters. The third-order valence-corrected chi connectivity index (χ3v) is 5.70. The Morgan fingerprint density at radius 2 is 1.67 bits per heavy atom. The number of methoxy groups -OCH3 is 1. The summed E-state index contributed by atoms with van der Waals surface area (Å²) in [6.07, 6.45) is 1.81. The van der Waals surface area contributed by atoms with Crippen LogP contribution in [0.2, 0.25) is 0 Å². The number of hydrogen-bond acceptors (Lipinski definition) is 7. The number of thiocarbonyl (C=S) groups is 1. The molecule has 8 heteroatoms. The van der Waals surface area contributed by atoms with Gasteiger partial charge in [0.05, 0.1) is 18.6 Å². The molecule has 1 aliphatic heterocycles. The Bertz CT molecular complexity index is 960. The lowest BCUT2D eigenvalue weighted by atomic mass is 10.2. The largest absolute Gasteiger partial charge is 0.493 e. The summed E-state index contributed by atoms with van der Waals surface area (Å²) in [5.41, 5.74) is 0.838. The van der Waals surface area contributed by atoms with Crippen molar-refractivity contribution in [1.82, 2.24) is 4.90 Å². The van der Waals surface area contributed by atoms with Gasteiger partial charge in [0.25, 0.3) is 5.91 Å². The Labute approximate surface area is 185 Å². The number of carbonyl (C=O) groups is 1. The second kappa shape index (κ2) is 10.4. The van der Waals surface area contributed by atoms with Gasteiger partial charge >= 0.3 is 0 Å². The molecule has 158 valence electrons. The van der Waals surface area contributed by atoms with Crippen LogP contribution in [-0.4, -0.2) is 49.1 Å². The van der Waals surface area contributed by atoms with E-state index in [4.69, 9.17) is 31.2 Å². The van der Waals surface area contributed by atoms with E-state index in [2.05, 4.69) is 0 Å². The van der Waals surface area contributed by atoms with E-state index in [1.165, 1.54) is 16.7 Å². The molecule has 30 heavy (non-hydrogen) atoms. The van der Waals surface area contributed by atoms with E-state index in [0.717, 1.165) is 5.56 Å². The number of likely N-dealkylation sites (N-methyl/N-ethyl adjacent to an activating group) is 1. The highest BCUT2D eigenvalue weighted by atomic mass is 32.2. The minimum absolute atomic E-state index is 0.100. The molecule has 0 unspecified atom stereocenters. The average molecular weight is 446 g/mol. The van der Waals surface area contributed by atoms with E-state index in [1.807, 2.05) is 49.4 Å². The van der Waals surface area contributed by atoms with Gasteiger partial charge in [-0.05, 0) is 42.8 Å². The number of para-hydroxylation sites is 2. The summed E-state index contributed by atoms with van der Waals surface area (Å²) in [5, 5.41) is 0. The first kappa shape index (κ1) is 22.0. The maximum atomic E-state index is 12.2. The summed E-state index contributed by atoms with van der Waals surface area (Å²) in [6, 6.07) is 13.0. The van der Waals surface area contributed by atoms with Crippen molar-refractivity contribution in [3.05, 3.63) is 52.9 Å². The molecule has 1 fully saturated rings. The number of nitrogens with zero attached hydrogens (tertiary/aromatic N) is 1. The van der Waals surface area contributed by atoms with Gasteiger partial charge in [0.1, 0.15) is 17.5 Å². The van der Waals surface area contributed by atoms with E-state index >= 15 is 0 Å². The maximum absolute atomic E-state index is 12.2. The van der Waals surface area contributed by atoms with E-state index in [0.29, 0.717) is 52.0 Å². The summed E-state index contributed by atoms with van der Waals surface area (Å²) in [4.78, 5) is 14.3. The fourth-order valence-electron chi connectivity index (χ4n) is 2.74. The van der Waals surface area contributed by atoms with Gasteiger partial charge in [-0.3, -0.25) is 9.69 Å². The van der Waals surface area contributed by atoms with Crippen molar-refractivity contribution in [2.24, 2.45) is 0 Å². The third kappa shape index (κ3) is 5.25. The number of rotatable bonds is 9. The fourth-order valence-corrected chi connectivity index (χ4v) is 3.92. The molecule has 0 radical (unpaired) electrons. The Hall–Kier alpha value is -2.71. The molecule has 0 N–H and O–H groups in total. The second-order valence-corrected chi connectivity index (χ2v) is 7.90. The van der Waals surface area contributed by atoms with Crippen LogP contribution in [0.5, 0.6) is 23.0 Å². The normalized spacial score (nSPS) is 14.9. The second-order valence-electron chi connectivity index (χ2n) is 6.23. The smallest absolute Gasteiger partial charge is 0.265 e. The first-order valence-corrected chi connectivity index (χ1v) is 10.6. The van der Waals surface area contributed by atoms with E-state index in [9.17, 15) is 4.79 Å². The first-order chi connectivity index (χ1) is 14.5. The van der Waals surface area contributed by atoms with Crippen molar-refractivity contribution in [3.63, 3.8) is 0 Å². The quantitative estimate of drug-likeness (QED) is 0.322. The van der Waals surface area contributed by atoms with Crippen LogP contribution >= 0.6 is 24.0 Å². The zero-order chi connectivity index (χ0) is 21.5. The van der Waals surface area contributed by atoms with Crippen LogP contribution in [0.15, 0.2) is 47.4 Å². The number of ether oxygens (including phenoxy) is 4. The van der Waals surface area contributed by atoms with Gasteiger partial charge in [0.15, 0.2) is 23.0 Å². The Balaban J connectivity index is 1.65. The summed E-state index contributed by atoms with van der Waals surface area (Å²) >= 11 is 6.46. The standard InChI is InChI=1S/C22H23NO5S2/c1-4-26-19-13-15(14-20-21(24)23(2)22(29)30-20)9-10-18(19)28-12-11-27-17-8-6-5-7-16(17)25-3/h5-10,13-14H,4,11-12H2,1-3H3/b20-14+. The zero-order valence-corrected chi connectivity index (χ0v) is 18.7. The van der Waals surface area contributed by atoms with Gasteiger partial charge in [0.2, 0.25) is 0 Å². The van der Waals surface area contributed by atoms with Crippen LogP contribution in [0.25, 0.3) is 6.08 Å². The number of carbonyl (C=O) groups excluding carboxylic acids is 1. The fraction of sp³-hybridized carbons (Fsp3) is 0.273. The van der Waals surface area contributed by atoms with Gasteiger partial charge < -0.3 is 18.9 Å². The molecule has 6 nitrogen and oxygen atoms in total. The topological polar surface area (TPSA) is 57.2 Å². The van der Waals surface area contributed by atoms with Crippen molar-refractivity contribution in [1.29, 1.82) is 0 Å². The molecular weight excluding hydrogens is 422 g/mol. The molecule has 1 heterocycles. The van der Waals surface area contributed by atoms with Crippen LogP contribution in [-0.2, 0) is 4.79 Å². The van der Waals surface area contributed by atoms with Gasteiger partial charge in [-0.25, -0.2) is 0 Å². The van der Waals surface area contributed by atoms with Crippen LogP contribution < -0.4 is 18.9 Å². The Kier molecular flexibility index (Phi) is 7.59. The van der Waals surface area contributed by atoms with E-state index in [1.54, 1.807) is 20.2 Å². The molecule has 0 saturated carbocycles. The van der Waals surface area contributed by atoms with E-state index in [-0.39, 0.29) is 5.91 Å². The molecule has 2 aromatic carbocycles. The predicted octanol–water partition coefficient (Wildman–Crippen LogP) is 4.38. The Morgan fingerprint density at radius 1 is 1.00 bits per heavy atom. The highest BCUT2D eigenvalue weighted by Crippen LogP contribution is 2.34. The number of thioether (sulfide) groups is 1. The van der Waals surface area contributed by atoms with Gasteiger partial charge in [-0.1, -0.05) is 42.2 Å². The molecule has 3 rings (SSSR count). The van der Waals surface area contributed by atoms with Crippen LogP contribution in [0.1, 0.15) is 12.5 Å². The summed E-state index contributed by atoms with van der Waals surface area (Å²) < 4.78 is 23.1. The summed E-state index contributed by atoms with van der Waals surface area (Å²) in [7, 11) is 3.28. The molecule has 1 amide bonds. The minimum Gasteiger partial charge on any atom is -0.493 e. The van der Waals surface area contributed by atoms with Crippen molar-refractivity contribution < 1.29 is 23.7 Å². The average Bonchev–Trinajstić information content (AvgIpc) is 2.99. The molecule has 1 saturated heterocycles. The monoisotopic (exact) mass is 445 g/mol. The number of hydrogen-bond donors (Lipinski definition) is 0. The highest BCUT2D eigenvalue weighted by molar-refractivity contribution is 8.26. The van der Waals surface area contributed by atoms with Gasteiger partial charge in [-0.15, -0.1) is 0 Å². The number of benzene rings is 2. The van der Waals surface area contributed by atoms with Crippen molar-refractivity contribution in [3.8, 4) is 23.0 Å². The molecule has 0 bridgehead atoms. The lowest BCUT2D eigenvalue weighted by Gasteiger charge is -2.14. The summed E-state index contributed by atoms with van der Waals surface area (Å²) in [5.74, 6) is 2.46. The van der Waals surface area contributed by atoms with Crippen molar-refractivity contribution in [2.75, 3.05) is 34.0 Å². The third-order valence-electron chi connectivity index (χ3n) is 4.22. The lowest BCUT2D eigenvalue weighted by Crippen LogP contribution is -2.22. The highest BCUT2D eigenvalue weighted by Gasteiger charge is 2.28. The Morgan fingerprint density at radius 3 is 2.27 bits per heavy atom. The van der Waals surface area contributed by atoms with Crippen LogP contribution in [0.4, 0.5) is 0 Å². The van der Waals surface area contributed by atoms with Crippen LogP contribution in [0, 0.1) is 0 Å². The van der Waals surface area contributed by atoms with Crippen molar-refractivity contribution >= 4 is 40.3 Å². The molecular formula is C22H23NO5S2. The molecule has 0 aromatic heterocycles. The lowest BCUT2D eigenvalue weighted by molar-refractivity contribution is -0.121. The van der Waals surface area contributed by atoms with Gasteiger partial charge in [-0.2, -0.15) is 0 Å². The summed E-state index contributed by atoms with van der Waals surface area (Å²) in [6.45, 7) is 3.09. The predicted molar refractivity (Wildman–Crippen MR) is 123 cm³/mol. The minimum atomic E-state index is -0.100. The van der Waals surface area contributed by atoms with Crippen LogP contribution in [0.3, 0.4) is 0 Å². The molecule has 1 aliphatic rings. The van der Waals surface area contributed by atoms with Crippen molar-refractivity contribution in [2.45, 2.75) is 6.92 Å². The van der Waals surface area contributed by atoms with E-state index < -0.39 is 0 Å². The number of amides is 1.